The number of nitrogens with zero attached hydrogens (tertiary/aromatic N) is 1. The number of halogens is 1. The lowest BCUT2D eigenvalue weighted by molar-refractivity contribution is 0.518. The topological polar surface area (TPSA) is 83.6 Å². The lowest BCUT2D eigenvalue weighted by atomic mass is 10.2. The highest BCUT2D eigenvalue weighted by atomic mass is 32.2. The van der Waals surface area contributed by atoms with E-state index < -0.39 is 30.8 Å². The van der Waals surface area contributed by atoms with Gasteiger partial charge in [-0.1, -0.05) is 30.3 Å². The highest BCUT2D eigenvalue weighted by molar-refractivity contribution is 7.89. The molecule has 0 aliphatic rings. The Labute approximate surface area is 141 Å². The van der Waals surface area contributed by atoms with Crippen LogP contribution in [0.4, 0.5) is 4.39 Å². The van der Waals surface area contributed by atoms with Gasteiger partial charge in [-0.3, -0.25) is 0 Å². The maximum absolute atomic E-state index is 13.7. The normalized spacial score (nSPS) is 12.5. The van der Waals surface area contributed by atoms with Gasteiger partial charge in [-0.05, 0) is 23.8 Å². The van der Waals surface area contributed by atoms with Crippen LogP contribution in [0, 0.1) is 5.82 Å². The van der Waals surface area contributed by atoms with Crippen LogP contribution in [0.5, 0.6) is 0 Å². The van der Waals surface area contributed by atoms with E-state index in [1.165, 1.54) is 38.4 Å². The second-order valence-electron chi connectivity index (χ2n) is 5.15. The lowest BCUT2D eigenvalue weighted by Crippen LogP contribution is -2.27. The first-order valence-corrected chi connectivity index (χ1v) is 9.83. The molecular formula is C15H17FN2O4S2. The van der Waals surface area contributed by atoms with E-state index in [2.05, 4.69) is 4.72 Å². The van der Waals surface area contributed by atoms with Crippen molar-refractivity contribution < 1.29 is 21.2 Å². The molecule has 0 unspecified atom stereocenters. The molecule has 0 aliphatic carbocycles. The summed E-state index contributed by atoms with van der Waals surface area (Å²) in [6.07, 6.45) is 0. The van der Waals surface area contributed by atoms with Gasteiger partial charge in [-0.15, -0.1) is 0 Å². The molecule has 2 rings (SSSR count). The van der Waals surface area contributed by atoms with Crippen molar-refractivity contribution in [3.8, 4) is 0 Å². The van der Waals surface area contributed by atoms with Crippen LogP contribution >= 0.6 is 0 Å². The SMILES string of the molecule is CN(C)S(=O)(=O)c1ccccc1CNS(=O)(=O)c1ccccc1F. The molecule has 2 aromatic rings. The van der Waals surface area contributed by atoms with E-state index in [-0.39, 0.29) is 17.0 Å². The molecule has 0 spiro atoms. The van der Waals surface area contributed by atoms with Crippen molar-refractivity contribution in [3.05, 3.63) is 59.9 Å². The van der Waals surface area contributed by atoms with Crippen LogP contribution in [0.1, 0.15) is 5.56 Å². The smallest absolute Gasteiger partial charge is 0.207 e. The van der Waals surface area contributed by atoms with Crippen molar-refractivity contribution in [2.75, 3.05) is 14.1 Å². The van der Waals surface area contributed by atoms with Crippen LogP contribution in [0.25, 0.3) is 0 Å². The van der Waals surface area contributed by atoms with E-state index in [1.807, 2.05) is 0 Å². The molecule has 9 heteroatoms. The minimum Gasteiger partial charge on any atom is -0.207 e. The Balaban J connectivity index is 2.33. The van der Waals surface area contributed by atoms with Crippen molar-refractivity contribution in [3.63, 3.8) is 0 Å². The minimum atomic E-state index is -4.11. The number of sulfonamides is 2. The second kappa shape index (κ2) is 6.98. The minimum absolute atomic E-state index is 0.00812. The zero-order valence-electron chi connectivity index (χ0n) is 13.1. The first-order valence-electron chi connectivity index (χ1n) is 6.91. The molecule has 1 N–H and O–H groups in total. The van der Waals surface area contributed by atoms with Gasteiger partial charge in [0.05, 0.1) is 4.90 Å². The highest BCUT2D eigenvalue weighted by Crippen LogP contribution is 2.19. The Morgan fingerprint density at radius 1 is 0.917 bits per heavy atom. The van der Waals surface area contributed by atoms with E-state index in [0.717, 1.165) is 16.4 Å². The quantitative estimate of drug-likeness (QED) is 0.834. The number of nitrogens with one attached hydrogen (secondary N) is 1. The Hall–Kier alpha value is -1.81. The summed E-state index contributed by atoms with van der Waals surface area (Å²) in [5, 5.41) is 0. The average molecular weight is 372 g/mol. The Morgan fingerprint density at radius 2 is 1.46 bits per heavy atom. The van der Waals surface area contributed by atoms with Crippen LogP contribution in [0.15, 0.2) is 58.3 Å². The maximum atomic E-state index is 13.7. The molecule has 6 nitrogen and oxygen atoms in total. The third-order valence-corrected chi connectivity index (χ3v) is 6.66. The number of rotatable bonds is 6. The average Bonchev–Trinajstić information content (AvgIpc) is 2.53. The molecule has 0 heterocycles. The van der Waals surface area contributed by atoms with Crippen LogP contribution in [0.2, 0.25) is 0 Å². The van der Waals surface area contributed by atoms with E-state index in [9.17, 15) is 21.2 Å². The third kappa shape index (κ3) is 3.81. The van der Waals surface area contributed by atoms with Gasteiger partial charge in [0.1, 0.15) is 10.7 Å². The van der Waals surface area contributed by atoms with E-state index in [4.69, 9.17) is 0 Å². The number of benzene rings is 2. The van der Waals surface area contributed by atoms with Gasteiger partial charge in [-0.25, -0.2) is 30.3 Å². The first-order chi connectivity index (χ1) is 11.2. The fourth-order valence-corrected chi connectivity index (χ4v) is 4.21. The Bertz CT molecular complexity index is 941. The molecule has 0 fully saturated rings. The summed E-state index contributed by atoms with van der Waals surface area (Å²) in [4.78, 5) is -0.496. The van der Waals surface area contributed by atoms with Gasteiger partial charge in [0.25, 0.3) is 0 Å². The molecule has 130 valence electrons. The van der Waals surface area contributed by atoms with Gasteiger partial charge in [0.15, 0.2) is 0 Å². The second-order valence-corrected chi connectivity index (χ2v) is 9.01. The summed E-state index contributed by atoms with van der Waals surface area (Å²) in [7, 11) is -5.06. The maximum Gasteiger partial charge on any atom is 0.243 e. The molecule has 2 aromatic carbocycles. The van der Waals surface area contributed by atoms with E-state index in [1.54, 1.807) is 12.1 Å². The first kappa shape index (κ1) is 18.5. The number of hydrogen-bond donors (Lipinski definition) is 1. The summed E-state index contributed by atoms with van der Waals surface area (Å²) < 4.78 is 65.9. The zero-order valence-corrected chi connectivity index (χ0v) is 14.7. The fourth-order valence-electron chi connectivity index (χ4n) is 2.01. The molecule has 0 aliphatic heterocycles. The van der Waals surface area contributed by atoms with Crippen molar-refractivity contribution in [1.29, 1.82) is 0 Å². The van der Waals surface area contributed by atoms with Gasteiger partial charge < -0.3 is 0 Å². The van der Waals surface area contributed by atoms with Crippen molar-refractivity contribution in [1.82, 2.24) is 9.03 Å². The van der Waals surface area contributed by atoms with Gasteiger partial charge in [0, 0.05) is 20.6 Å². The predicted molar refractivity (Wildman–Crippen MR) is 87.7 cm³/mol. The van der Waals surface area contributed by atoms with E-state index >= 15 is 0 Å². The van der Waals surface area contributed by atoms with Crippen LogP contribution < -0.4 is 4.72 Å². The fraction of sp³-hybridized carbons (Fsp3) is 0.200. The third-order valence-electron chi connectivity index (χ3n) is 3.31. The molecule has 0 bridgehead atoms. The zero-order chi connectivity index (χ0) is 18.0. The molecule has 0 atom stereocenters. The summed E-state index contributed by atoms with van der Waals surface area (Å²) >= 11 is 0. The summed E-state index contributed by atoms with van der Waals surface area (Å²) in [6, 6.07) is 11.0. The van der Waals surface area contributed by atoms with Crippen molar-refractivity contribution in [2.45, 2.75) is 16.3 Å². The van der Waals surface area contributed by atoms with Crippen molar-refractivity contribution in [2.24, 2.45) is 0 Å². The van der Waals surface area contributed by atoms with Crippen LogP contribution in [-0.2, 0) is 26.6 Å². The van der Waals surface area contributed by atoms with E-state index in [0.29, 0.717) is 0 Å². The largest absolute Gasteiger partial charge is 0.243 e. The monoisotopic (exact) mass is 372 g/mol. The Morgan fingerprint density at radius 3 is 2.04 bits per heavy atom. The molecule has 0 radical (unpaired) electrons. The van der Waals surface area contributed by atoms with Crippen LogP contribution in [0.3, 0.4) is 0 Å². The Kier molecular flexibility index (Phi) is 5.38. The highest BCUT2D eigenvalue weighted by Gasteiger charge is 2.23. The van der Waals surface area contributed by atoms with Crippen LogP contribution in [-0.4, -0.2) is 35.2 Å². The molecular weight excluding hydrogens is 355 g/mol. The summed E-state index contributed by atoms with van der Waals surface area (Å²) in [5.74, 6) is -0.876. The van der Waals surface area contributed by atoms with Gasteiger partial charge >= 0.3 is 0 Å². The van der Waals surface area contributed by atoms with Crippen molar-refractivity contribution >= 4 is 20.0 Å². The molecule has 0 saturated carbocycles. The lowest BCUT2D eigenvalue weighted by Gasteiger charge is -2.15. The van der Waals surface area contributed by atoms with Gasteiger partial charge in [0.2, 0.25) is 20.0 Å². The molecule has 0 amide bonds. The predicted octanol–water partition coefficient (Wildman–Crippen LogP) is 1.55. The number of hydrogen-bond acceptors (Lipinski definition) is 4. The molecule has 0 aromatic heterocycles. The molecule has 24 heavy (non-hydrogen) atoms. The molecule has 0 saturated heterocycles. The standard InChI is InChI=1S/C15H17FN2O4S2/c1-18(2)24(21,22)14-9-5-3-7-12(14)11-17-23(19,20)15-10-6-4-8-13(15)16/h3-10,17H,11H2,1-2H3. The van der Waals surface area contributed by atoms with Gasteiger partial charge in [-0.2, -0.15) is 0 Å². The summed E-state index contributed by atoms with van der Waals surface area (Å²) in [5.41, 5.74) is 0.270. The summed E-state index contributed by atoms with van der Waals surface area (Å²) in [6.45, 7) is -0.278.